The quantitative estimate of drug-likeness (QED) is 0.521. The van der Waals surface area contributed by atoms with Crippen LogP contribution >= 0.6 is 0 Å². The molecule has 0 aliphatic heterocycles. The lowest BCUT2D eigenvalue weighted by Crippen LogP contribution is -2.43. The summed E-state index contributed by atoms with van der Waals surface area (Å²) in [7, 11) is 0. The molecular weight excluding hydrogens is 180 g/mol. The van der Waals surface area contributed by atoms with E-state index in [2.05, 4.69) is 18.8 Å². The predicted octanol–water partition coefficient (Wildman–Crippen LogP) is 4.11. The van der Waals surface area contributed by atoms with Gasteiger partial charge in [-0.1, -0.05) is 6.92 Å². The molecular formula is C15H24. The van der Waals surface area contributed by atoms with Crippen LogP contribution in [0.3, 0.4) is 0 Å². The predicted molar refractivity (Wildman–Crippen MR) is 65.3 cm³/mol. The number of rotatable bonds is 0. The summed E-state index contributed by atoms with van der Waals surface area (Å²) in [5, 5.41) is 0. The Morgan fingerprint density at radius 1 is 0.733 bits per heavy atom. The van der Waals surface area contributed by atoms with Crippen LogP contribution in [-0.4, -0.2) is 0 Å². The van der Waals surface area contributed by atoms with E-state index in [0.29, 0.717) is 0 Å². The molecule has 4 aliphatic rings. The van der Waals surface area contributed by atoms with Gasteiger partial charge in [-0.05, 0) is 75.5 Å². The summed E-state index contributed by atoms with van der Waals surface area (Å²) in [6, 6.07) is 0. The summed E-state index contributed by atoms with van der Waals surface area (Å²) in [6.07, 6.45) is 7.96. The monoisotopic (exact) mass is 204 g/mol. The molecule has 0 aromatic carbocycles. The van der Waals surface area contributed by atoms with Crippen LogP contribution in [0.25, 0.3) is 0 Å². The van der Waals surface area contributed by atoms with E-state index in [9.17, 15) is 0 Å². The van der Waals surface area contributed by atoms with Crippen LogP contribution < -0.4 is 0 Å². The minimum atomic E-state index is 1.09. The summed E-state index contributed by atoms with van der Waals surface area (Å²) in [4.78, 5) is 0. The molecule has 4 fully saturated rings. The van der Waals surface area contributed by atoms with Crippen LogP contribution in [0, 0.1) is 41.4 Å². The Balaban J connectivity index is 0.000000188. The molecule has 15 heavy (non-hydrogen) atoms. The lowest BCUT2D eigenvalue weighted by Gasteiger charge is -2.53. The molecule has 0 aromatic rings. The van der Waals surface area contributed by atoms with Gasteiger partial charge in [0.2, 0.25) is 0 Å². The van der Waals surface area contributed by atoms with Crippen LogP contribution in [0.5, 0.6) is 0 Å². The summed E-state index contributed by atoms with van der Waals surface area (Å²) < 4.78 is 0. The Morgan fingerprint density at radius 2 is 1.13 bits per heavy atom. The number of hydrogen-bond acceptors (Lipinski definition) is 0. The van der Waals surface area contributed by atoms with E-state index in [-0.39, 0.29) is 0 Å². The summed E-state index contributed by atoms with van der Waals surface area (Å²) >= 11 is 0. The van der Waals surface area contributed by atoms with Crippen molar-refractivity contribution in [3.8, 4) is 11.8 Å². The van der Waals surface area contributed by atoms with Gasteiger partial charge in [-0.2, -0.15) is 0 Å². The smallest absolute Gasteiger partial charge is 0.00271 e. The highest BCUT2D eigenvalue weighted by atomic mass is 14.5. The maximum atomic E-state index is 2.68. The second kappa shape index (κ2) is 4.60. The second-order valence-corrected chi connectivity index (χ2v) is 5.79. The first kappa shape index (κ1) is 11.1. The van der Waals surface area contributed by atoms with E-state index in [1.807, 2.05) is 13.8 Å². The van der Waals surface area contributed by atoms with Crippen molar-refractivity contribution in [2.24, 2.45) is 29.6 Å². The van der Waals surface area contributed by atoms with E-state index in [0.717, 1.165) is 29.6 Å². The van der Waals surface area contributed by atoms with Crippen LogP contribution in [-0.2, 0) is 0 Å². The topological polar surface area (TPSA) is 0 Å². The van der Waals surface area contributed by atoms with Gasteiger partial charge >= 0.3 is 0 Å². The van der Waals surface area contributed by atoms with Crippen molar-refractivity contribution >= 4 is 0 Å². The Hall–Kier alpha value is -0.440. The summed E-state index contributed by atoms with van der Waals surface area (Å²) in [5.41, 5.74) is 0. The second-order valence-electron chi connectivity index (χ2n) is 5.79. The minimum absolute atomic E-state index is 1.09. The fourth-order valence-corrected chi connectivity index (χ4v) is 4.20. The third-order valence-electron chi connectivity index (χ3n) is 4.95. The Kier molecular flexibility index (Phi) is 3.39. The fourth-order valence-electron chi connectivity index (χ4n) is 4.20. The zero-order valence-electron chi connectivity index (χ0n) is 10.4. The first-order valence-corrected chi connectivity index (χ1v) is 6.58. The highest BCUT2D eigenvalue weighted by Gasteiger charge is 2.45. The maximum absolute atomic E-state index is 2.68. The fraction of sp³-hybridized carbons (Fsp3) is 0.867. The largest absolute Gasteiger partial charge is 0.107 e. The van der Waals surface area contributed by atoms with Gasteiger partial charge in [0.05, 0.1) is 0 Å². The molecule has 0 unspecified atom stereocenters. The molecule has 0 amide bonds. The van der Waals surface area contributed by atoms with E-state index in [4.69, 9.17) is 0 Å². The first-order chi connectivity index (χ1) is 7.24. The Bertz CT molecular complexity index is 231. The van der Waals surface area contributed by atoms with Crippen molar-refractivity contribution in [3.63, 3.8) is 0 Å². The highest BCUT2D eigenvalue weighted by molar-refractivity contribution is 4.96. The van der Waals surface area contributed by atoms with Crippen molar-refractivity contribution in [2.75, 3.05) is 0 Å². The van der Waals surface area contributed by atoms with Crippen molar-refractivity contribution in [1.82, 2.24) is 0 Å². The molecule has 84 valence electrons. The van der Waals surface area contributed by atoms with Gasteiger partial charge < -0.3 is 0 Å². The van der Waals surface area contributed by atoms with Gasteiger partial charge in [0.25, 0.3) is 0 Å². The zero-order valence-corrected chi connectivity index (χ0v) is 10.4. The summed E-state index contributed by atoms with van der Waals surface area (Å²) in [5.74, 6) is 11.1. The third-order valence-corrected chi connectivity index (χ3v) is 4.95. The zero-order chi connectivity index (χ0) is 10.8. The van der Waals surface area contributed by atoms with E-state index < -0.39 is 0 Å². The molecule has 4 bridgehead atoms. The Labute approximate surface area is 94.8 Å². The molecule has 0 heterocycles. The highest BCUT2D eigenvalue weighted by Crippen LogP contribution is 2.56. The normalized spacial score (nSPS) is 45.1. The number of hydrogen-bond donors (Lipinski definition) is 0. The molecule has 0 spiro atoms. The molecule has 0 heteroatoms. The van der Waals surface area contributed by atoms with E-state index in [1.165, 1.54) is 0 Å². The lowest BCUT2D eigenvalue weighted by molar-refractivity contribution is -0.0282. The van der Waals surface area contributed by atoms with Crippen molar-refractivity contribution in [3.05, 3.63) is 0 Å². The van der Waals surface area contributed by atoms with Gasteiger partial charge in [-0.15, -0.1) is 11.8 Å². The first-order valence-electron chi connectivity index (χ1n) is 6.58. The van der Waals surface area contributed by atoms with Crippen LogP contribution in [0.4, 0.5) is 0 Å². The Morgan fingerprint density at radius 3 is 1.47 bits per heavy atom. The third kappa shape index (κ3) is 2.22. The SMILES string of the molecule is CC#CC.CC1C2CC3CC(C2)CC1C3. The van der Waals surface area contributed by atoms with Gasteiger partial charge in [-0.3, -0.25) is 0 Å². The van der Waals surface area contributed by atoms with Crippen molar-refractivity contribution < 1.29 is 0 Å². The molecule has 0 N–H and O–H groups in total. The molecule has 0 nitrogen and oxygen atoms in total. The van der Waals surface area contributed by atoms with Gasteiger partial charge in [0.15, 0.2) is 0 Å². The average molecular weight is 204 g/mol. The van der Waals surface area contributed by atoms with Gasteiger partial charge in [0.1, 0.15) is 0 Å². The minimum Gasteiger partial charge on any atom is -0.107 e. The molecule has 4 aliphatic carbocycles. The molecule has 0 radical (unpaired) electrons. The molecule has 4 rings (SSSR count). The van der Waals surface area contributed by atoms with E-state index in [1.54, 1.807) is 32.1 Å². The average Bonchev–Trinajstić information content (AvgIpc) is 2.25. The van der Waals surface area contributed by atoms with Crippen molar-refractivity contribution in [1.29, 1.82) is 0 Å². The van der Waals surface area contributed by atoms with Gasteiger partial charge in [0, 0.05) is 0 Å². The molecule has 4 saturated carbocycles. The molecule has 0 saturated heterocycles. The van der Waals surface area contributed by atoms with E-state index >= 15 is 0 Å². The van der Waals surface area contributed by atoms with Gasteiger partial charge in [-0.25, -0.2) is 0 Å². The van der Waals surface area contributed by atoms with Crippen LogP contribution in [0.2, 0.25) is 0 Å². The molecule has 0 atom stereocenters. The molecule has 0 aromatic heterocycles. The maximum Gasteiger partial charge on any atom is -0.00271 e. The summed E-state index contributed by atoms with van der Waals surface area (Å²) in [6.45, 7) is 6.15. The van der Waals surface area contributed by atoms with Crippen molar-refractivity contribution in [2.45, 2.75) is 52.9 Å². The lowest BCUT2D eigenvalue weighted by atomic mass is 9.52. The van der Waals surface area contributed by atoms with Crippen LogP contribution in [0.15, 0.2) is 0 Å². The van der Waals surface area contributed by atoms with Crippen LogP contribution in [0.1, 0.15) is 52.9 Å². The standard InChI is InChI=1S/C11H18.C4H6/c1-7-10-3-8-2-9(5-10)6-11(7)4-8;1-3-4-2/h7-11H,2-6H2,1H3;1-2H3.